The standard InChI is InChI=1S/C16H32N2O3/c1-12(2)9-13(3)21-11-15(19)10-17-14(4)16(20)18-7-5-6-8-18/h12-15,17,19H,5-11H2,1-4H3. The molecule has 3 atom stereocenters. The Hall–Kier alpha value is -0.650. The lowest BCUT2D eigenvalue weighted by atomic mass is 10.1. The van der Waals surface area contributed by atoms with Crippen LogP contribution < -0.4 is 5.32 Å². The van der Waals surface area contributed by atoms with Crippen LogP contribution >= 0.6 is 0 Å². The van der Waals surface area contributed by atoms with Crippen LogP contribution in [-0.4, -0.2) is 60.4 Å². The SMILES string of the molecule is CC(C)CC(C)OCC(O)CNC(C)C(=O)N1CCCC1. The second-order valence-electron chi connectivity index (χ2n) is 6.59. The molecule has 0 radical (unpaired) electrons. The molecule has 5 heteroatoms. The fourth-order valence-corrected chi connectivity index (χ4v) is 2.68. The largest absolute Gasteiger partial charge is 0.389 e. The Kier molecular flexibility index (Phi) is 8.22. The van der Waals surface area contributed by atoms with E-state index in [0.29, 0.717) is 19.1 Å². The van der Waals surface area contributed by atoms with Gasteiger partial charge in [0.05, 0.1) is 24.9 Å². The Morgan fingerprint density at radius 2 is 1.86 bits per heavy atom. The molecule has 124 valence electrons. The normalized spacial score (nSPS) is 19.8. The number of likely N-dealkylation sites (tertiary alicyclic amines) is 1. The predicted molar refractivity (Wildman–Crippen MR) is 84.2 cm³/mol. The van der Waals surface area contributed by atoms with Crippen molar-refractivity contribution < 1.29 is 14.6 Å². The van der Waals surface area contributed by atoms with E-state index in [1.165, 1.54) is 0 Å². The van der Waals surface area contributed by atoms with Crippen LogP contribution in [0.1, 0.15) is 47.0 Å². The van der Waals surface area contributed by atoms with Gasteiger partial charge in [-0.15, -0.1) is 0 Å². The zero-order valence-electron chi connectivity index (χ0n) is 14.0. The van der Waals surface area contributed by atoms with Crippen LogP contribution in [0.25, 0.3) is 0 Å². The Labute approximate surface area is 129 Å². The zero-order chi connectivity index (χ0) is 15.8. The number of nitrogens with zero attached hydrogens (tertiary/aromatic N) is 1. The topological polar surface area (TPSA) is 61.8 Å². The fourth-order valence-electron chi connectivity index (χ4n) is 2.68. The van der Waals surface area contributed by atoms with Crippen LogP contribution in [0.15, 0.2) is 0 Å². The van der Waals surface area contributed by atoms with Crippen LogP contribution in [0.5, 0.6) is 0 Å². The van der Waals surface area contributed by atoms with E-state index in [1.807, 2.05) is 18.7 Å². The molecule has 0 aromatic rings. The first-order chi connectivity index (χ1) is 9.90. The minimum atomic E-state index is -0.576. The number of ether oxygens (including phenoxy) is 1. The van der Waals surface area contributed by atoms with Crippen LogP contribution in [0.2, 0.25) is 0 Å². The van der Waals surface area contributed by atoms with E-state index in [2.05, 4.69) is 19.2 Å². The van der Waals surface area contributed by atoms with Gasteiger partial charge in [-0.3, -0.25) is 4.79 Å². The number of nitrogens with one attached hydrogen (secondary N) is 1. The molecule has 3 unspecified atom stereocenters. The van der Waals surface area contributed by atoms with Crippen molar-refractivity contribution in [2.45, 2.75) is 65.2 Å². The first-order valence-corrected chi connectivity index (χ1v) is 8.22. The van der Waals surface area contributed by atoms with Crippen LogP contribution in [0.4, 0.5) is 0 Å². The molecule has 0 aromatic carbocycles. The van der Waals surface area contributed by atoms with E-state index in [1.54, 1.807) is 0 Å². The van der Waals surface area contributed by atoms with Crippen molar-refractivity contribution in [3.63, 3.8) is 0 Å². The lowest BCUT2D eigenvalue weighted by Gasteiger charge is -2.23. The molecule has 0 bridgehead atoms. The Morgan fingerprint density at radius 1 is 1.24 bits per heavy atom. The first kappa shape index (κ1) is 18.4. The van der Waals surface area contributed by atoms with Gasteiger partial charge in [0, 0.05) is 19.6 Å². The molecular weight excluding hydrogens is 268 g/mol. The minimum absolute atomic E-state index is 0.133. The molecule has 1 rings (SSSR count). The highest BCUT2D eigenvalue weighted by atomic mass is 16.5. The maximum absolute atomic E-state index is 12.1. The quantitative estimate of drug-likeness (QED) is 0.676. The molecule has 1 saturated heterocycles. The molecule has 0 aliphatic carbocycles. The molecule has 0 aromatic heterocycles. The highest BCUT2D eigenvalue weighted by Gasteiger charge is 2.23. The lowest BCUT2D eigenvalue weighted by Crippen LogP contribution is -2.46. The summed E-state index contributed by atoms with van der Waals surface area (Å²) in [5, 5.41) is 13.0. The van der Waals surface area contributed by atoms with Gasteiger partial charge < -0.3 is 20.1 Å². The third-order valence-corrected chi connectivity index (χ3v) is 3.82. The molecule has 2 N–H and O–H groups in total. The first-order valence-electron chi connectivity index (χ1n) is 8.22. The fraction of sp³-hybridized carbons (Fsp3) is 0.938. The van der Waals surface area contributed by atoms with Crippen LogP contribution in [0, 0.1) is 5.92 Å². The lowest BCUT2D eigenvalue weighted by molar-refractivity contribution is -0.132. The van der Waals surface area contributed by atoms with Crippen molar-refractivity contribution in [3.05, 3.63) is 0 Å². The predicted octanol–water partition coefficient (Wildman–Crippen LogP) is 1.40. The number of amides is 1. The van der Waals surface area contributed by atoms with E-state index in [4.69, 9.17) is 4.74 Å². The highest BCUT2D eigenvalue weighted by molar-refractivity contribution is 5.81. The smallest absolute Gasteiger partial charge is 0.239 e. The van der Waals surface area contributed by atoms with Gasteiger partial charge >= 0.3 is 0 Å². The minimum Gasteiger partial charge on any atom is -0.389 e. The molecule has 1 heterocycles. The summed E-state index contributed by atoms with van der Waals surface area (Å²) in [5.41, 5.74) is 0. The zero-order valence-corrected chi connectivity index (χ0v) is 14.0. The number of carbonyl (C=O) groups is 1. The van der Waals surface area contributed by atoms with Crippen LogP contribution in [-0.2, 0) is 9.53 Å². The summed E-state index contributed by atoms with van der Waals surface area (Å²) in [5.74, 6) is 0.724. The van der Waals surface area contributed by atoms with Crippen molar-refractivity contribution in [1.29, 1.82) is 0 Å². The van der Waals surface area contributed by atoms with Gasteiger partial charge in [-0.25, -0.2) is 0 Å². The average molecular weight is 300 g/mol. The summed E-state index contributed by atoms with van der Waals surface area (Å²) in [4.78, 5) is 14.0. The summed E-state index contributed by atoms with van der Waals surface area (Å²) in [6.45, 7) is 10.6. The maximum atomic E-state index is 12.1. The highest BCUT2D eigenvalue weighted by Crippen LogP contribution is 2.09. The Bertz CT molecular complexity index is 304. The molecule has 0 spiro atoms. The molecule has 1 amide bonds. The monoisotopic (exact) mass is 300 g/mol. The van der Waals surface area contributed by atoms with E-state index in [-0.39, 0.29) is 18.1 Å². The third kappa shape index (κ3) is 7.25. The summed E-state index contributed by atoms with van der Waals surface area (Å²) >= 11 is 0. The molecule has 1 aliphatic heterocycles. The van der Waals surface area contributed by atoms with Crippen molar-refractivity contribution >= 4 is 5.91 Å². The van der Waals surface area contributed by atoms with E-state index >= 15 is 0 Å². The summed E-state index contributed by atoms with van der Waals surface area (Å²) in [6.07, 6.45) is 2.77. The maximum Gasteiger partial charge on any atom is 0.239 e. The van der Waals surface area contributed by atoms with Gasteiger partial charge in [-0.1, -0.05) is 13.8 Å². The Morgan fingerprint density at radius 3 is 2.43 bits per heavy atom. The van der Waals surface area contributed by atoms with E-state index in [9.17, 15) is 9.90 Å². The molecule has 0 saturated carbocycles. The number of rotatable bonds is 9. The summed E-state index contributed by atoms with van der Waals surface area (Å²) in [6, 6.07) is -0.245. The van der Waals surface area contributed by atoms with Gasteiger partial charge in [0.2, 0.25) is 5.91 Å². The number of aliphatic hydroxyl groups excluding tert-OH is 1. The van der Waals surface area contributed by atoms with Crippen molar-refractivity contribution in [1.82, 2.24) is 10.2 Å². The third-order valence-electron chi connectivity index (χ3n) is 3.82. The van der Waals surface area contributed by atoms with Crippen LogP contribution in [0.3, 0.4) is 0 Å². The number of hydrogen-bond donors (Lipinski definition) is 2. The molecule has 1 fully saturated rings. The summed E-state index contributed by atoms with van der Waals surface area (Å²) in [7, 11) is 0. The number of carbonyl (C=O) groups excluding carboxylic acids is 1. The van der Waals surface area contributed by atoms with Gasteiger partial charge in [-0.05, 0) is 39.0 Å². The second-order valence-corrected chi connectivity index (χ2v) is 6.59. The van der Waals surface area contributed by atoms with Gasteiger partial charge in [-0.2, -0.15) is 0 Å². The van der Waals surface area contributed by atoms with Crippen molar-refractivity contribution in [3.8, 4) is 0 Å². The van der Waals surface area contributed by atoms with E-state index < -0.39 is 6.10 Å². The molecular formula is C16H32N2O3. The van der Waals surface area contributed by atoms with Crippen molar-refractivity contribution in [2.75, 3.05) is 26.2 Å². The average Bonchev–Trinajstić information content (AvgIpc) is 2.94. The number of hydrogen-bond acceptors (Lipinski definition) is 4. The Balaban J connectivity index is 2.16. The van der Waals surface area contributed by atoms with Gasteiger partial charge in [0.1, 0.15) is 0 Å². The molecule has 21 heavy (non-hydrogen) atoms. The van der Waals surface area contributed by atoms with Gasteiger partial charge in [0.25, 0.3) is 0 Å². The summed E-state index contributed by atoms with van der Waals surface area (Å²) < 4.78 is 5.62. The van der Waals surface area contributed by atoms with E-state index in [0.717, 1.165) is 32.4 Å². The van der Waals surface area contributed by atoms with Crippen molar-refractivity contribution in [2.24, 2.45) is 5.92 Å². The van der Waals surface area contributed by atoms with Gasteiger partial charge in [0.15, 0.2) is 0 Å². The second kappa shape index (κ2) is 9.38. The molecule has 1 aliphatic rings. The molecule has 5 nitrogen and oxygen atoms in total. The number of aliphatic hydroxyl groups is 1.